The van der Waals surface area contributed by atoms with Crippen LogP contribution in [0, 0.1) is 0 Å². The normalized spacial score (nSPS) is 11.0. The number of amides is 1. The molecule has 138 valence electrons. The topological polar surface area (TPSA) is 74.8 Å². The summed E-state index contributed by atoms with van der Waals surface area (Å²) in [4.78, 5) is 18.0. The number of nitrogens with one attached hydrogen (secondary N) is 2. The Morgan fingerprint density at radius 1 is 1.40 bits per heavy atom. The SMILES string of the molecule is CN=C(NCCNC(=O)c1ccco1)N(C)Cc1cc(Cl)cn1C.I. The van der Waals surface area contributed by atoms with Gasteiger partial charge in [-0.05, 0) is 18.2 Å². The van der Waals surface area contributed by atoms with Gasteiger partial charge < -0.3 is 24.5 Å². The molecule has 25 heavy (non-hydrogen) atoms. The van der Waals surface area contributed by atoms with Crippen LogP contribution in [0.2, 0.25) is 5.02 Å². The number of aryl methyl sites for hydroxylation is 1. The quantitative estimate of drug-likeness (QED) is 0.289. The molecular formula is C16H23ClIN5O2. The number of hydrogen-bond donors (Lipinski definition) is 2. The van der Waals surface area contributed by atoms with E-state index in [1.165, 1.54) is 6.26 Å². The number of halogens is 2. The Morgan fingerprint density at radius 3 is 2.68 bits per heavy atom. The number of aromatic nitrogens is 1. The number of guanidine groups is 1. The third-order valence-electron chi connectivity index (χ3n) is 3.49. The van der Waals surface area contributed by atoms with Gasteiger partial charge in [0.15, 0.2) is 11.7 Å². The Morgan fingerprint density at radius 2 is 2.12 bits per heavy atom. The summed E-state index contributed by atoms with van der Waals surface area (Å²) in [5.74, 6) is 0.806. The van der Waals surface area contributed by atoms with Gasteiger partial charge in [-0.3, -0.25) is 9.79 Å². The first kappa shape index (κ1) is 21.4. The van der Waals surface area contributed by atoms with Gasteiger partial charge in [0, 0.05) is 46.1 Å². The van der Waals surface area contributed by atoms with Crippen molar-refractivity contribution in [3.63, 3.8) is 0 Å². The molecule has 2 rings (SSSR count). The minimum absolute atomic E-state index is 0. The second-order valence-corrected chi connectivity index (χ2v) is 5.76. The van der Waals surface area contributed by atoms with Gasteiger partial charge in [-0.25, -0.2) is 0 Å². The maximum atomic E-state index is 11.7. The van der Waals surface area contributed by atoms with E-state index >= 15 is 0 Å². The van der Waals surface area contributed by atoms with Crippen LogP contribution in [0.5, 0.6) is 0 Å². The van der Waals surface area contributed by atoms with E-state index in [2.05, 4.69) is 15.6 Å². The summed E-state index contributed by atoms with van der Waals surface area (Å²) in [7, 11) is 5.62. The second kappa shape index (κ2) is 10.3. The molecule has 0 bridgehead atoms. The average molecular weight is 480 g/mol. The Balaban J connectivity index is 0.00000312. The summed E-state index contributed by atoms with van der Waals surface area (Å²) in [6.45, 7) is 1.68. The van der Waals surface area contributed by atoms with Crippen LogP contribution in [0.4, 0.5) is 0 Å². The van der Waals surface area contributed by atoms with E-state index in [1.54, 1.807) is 19.2 Å². The van der Waals surface area contributed by atoms with Crippen molar-refractivity contribution in [2.24, 2.45) is 12.0 Å². The lowest BCUT2D eigenvalue weighted by atomic mass is 10.4. The highest BCUT2D eigenvalue weighted by Gasteiger charge is 2.10. The largest absolute Gasteiger partial charge is 0.459 e. The van der Waals surface area contributed by atoms with Crippen LogP contribution in [-0.4, -0.2) is 48.5 Å². The van der Waals surface area contributed by atoms with Crippen molar-refractivity contribution in [3.8, 4) is 0 Å². The molecule has 0 unspecified atom stereocenters. The predicted octanol–water partition coefficient (Wildman–Crippen LogP) is 2.33. The zero-order valence-electron chi connectivity index (χ0n) is 14.5. The maximum absolute atomic E-state index is 11.7. The lowest BCUT2D eigenvalue weighted by Crippen LogP contribution is -2.42. The smallest absolute Gasteiger partial charge is 0.287 e. The molecule has 2 aromatic heterocycles. The number of carbonyl (C=O) groups is 1. The predicted molar refractivity (Wildman–Crippen MR) is 110 cm³/mol. The molecule has 0 aliphatic rings. The molecule has 0 atom stereocenters. The van der Waals surface area contributed by atoms with Gasteiger partial charge in [0.1, 0.15) is 0 Å². The Labute approximate surface area is 169 Å². The van der Waals surface area contributed by atoms with Gasteiger partial charge in [0.25, 0.3) is 5.91 Å². The van der Waals surface area contributed by atoms with E-state index in [9.17, 15) is 4.79 Å². The van der Waals surface area contributed by atoms with Crippen LogP contribution in [0.15, 0.2) is 40.1 Å². The molecule has 7 nitrogen and oxygen atoms in total. The third-order valence-corrected chi connectivity index (χ3v) is 3.69. The molecule has 1 amide bonds. The third kappa shape index (κ3) is 6.28. The van der Waals surface area contributed by atoms with Crippen LogP contribution in [-0.2, 0) is 13.6 Å². The minimum Gasteiger partial charge on any atom is -0.459 e. The van der Waals surface area contributed by atoms with Gasteiger partial charge in [0.05, 0.1) is 17.8 Å². The van der Waals surface area contributed by atoms with E-state index in [1.807, 2.05) is 35.8 Å². The van der Waals surface area contributed by atoms with Gasteiger partial charge in [-0.2, -0.15) is 0 Å². The first-order valence-electron chi connectivity index (χ1n) is 7.55. The average Bonchev–Trinajstić information content (AvgIpc) is 3.17. The number of rotatable bonds is 6. The molecule has 2 N–H and O–H groups in total. The first-order valence-corrected chi connectivity index (χ1v) is 7.93. The summed E-state index contributed by atoms with van der Waals surface area (Å²) in [6.07, 6.45) is 3.34. The van der Waals surface area contributed by atoms with Crippen molar-refractivity contribution in [1.29, 1.82) is 0 Å². The molecule has 0 aliphatic heterocycles. The molecule has 0 saturated heterocycles. The lowest BCUT2D eigenvalue weighted by molar-refractivity contribution is 0.0926. The first-order chi connectivity index (χ1) is 11.5. The standard InChI is InChI=1S/C16H22ClN5O2.HI/c1-18-16(22(3)11-13-9-12(17)10-21(13)2)20-7-6-19-15(23)14-5-4-8-24-14;/h4-5,8-10H,6-7,11H2,1-3H3,(H,18,20)(H,19,23);1H. The molecule has 0 aromatic carbocycles. The van der Waals surface area contributed by atoms with Gasteiger partial charge >= 0.3 is 0 Å². The molecule has 9 heteroatoms. The number of carbonyl (C=O) groups excluding carboxylic acids is 1. The highest BCUT2D eigenvalue weighted by Crippen LogP contribution is 2.14. The molecule has 0 fully saturated rings. The Kier molecular flexibility index (Phi) is 8.84. The van der Waals surface area contributed by atoms with Crippen LogP contribution in [0.25, 0.3) is 0 Å². The lowest BCUT2D eigenvalue weighted by Gasteiger charge is -2.22. The van der Waals surface area contributed by atoms with Crippen molar-refractivity contribution in [1.82, 2.24) is 20.1 Å². The van der Waals surface area contributed by atoms with Crippen molar-refractivity contribution in [2.45, 2.75) is 6.54 Å². The molecule has 0 saturated carbocycles. The zero-order valence-corrected chi connectivity index (χ0v) is 17.5. The Bertz CT molecular complexity index is 699. The van der Waals surface area contributed by atoms with Crippen molar-refractivity contribution in [2.75, 3.05) is 27.2 Å². The van der Waals surface area contributed by atoms with Crippen molar-refractivity contribution in [3.05, 3.63) is 47.1 Å². The number of nitrogens with zero attached hydrogens (tertiary/aromatic N) is 3. The summed E-state index contributed by atoms with van der Waals surface area (Å²) >= 11 is 6.00. The van der Waals surface area contributed by atoms with E-state index in [4.69, 9.17) is 16.0 Å². The number of aliphatic imine (C=N–C) groups is 1. The molecular weight excluding hydrogens is 457 g/mol. The zero-order chi connectivity index (χ0) is 17.5. The van der Waals surface area contributed by atoms with E-state index in [-0.39, 0.29) is 29.9 Å². The summed E-state index contributed by atoms with van der Waals surface area (Å²) in [5, 5.41) is 6.69. The van der Waals surface area contributed by atoms with E-state index < -0.39 is 0 Å². The highest BCUT2D eigenvalue weighted by molar-refractivity contribution is 14.0. The molecule has 0 aliphatic carbocycles. The molecule has 2 aromatic rings. The number of hydrogen-bond acceptors (Lipinski definition) is 3. The summed E-state index contributed by atoms with van der Waals surface area (Å²) in [6, 6.07) is 5.23. The highest BCUT2D eigenvalue weighted by atomic mass is 127. The Hall–Kier alpha value is -1.68. The fourth-order valence-corrected chi connectivity index (χ4v) is 2.54. The monoisotopic (exact) mass is 479 g/mol. The molecule has 2 heterocycles. The van der Waals surface area contributed by atoms with Crippen LogP contribution >= 0.6 is 35.6 Å². The minimum atomic E-state index is -0.233. The maximum Gasteiger partial charge on any atom is 0.287 e. The second-order valence-electron chi connectivity index (χ2n) is 5.32. The van der Waals surface area contributed by atoms with Crippen LogP contribution in [0.1, 0.15) is 16.2 Å². The van der Waals surface area contributed by atoms with Crippen molar-refractivity contribution >= 4 is 47.4 Å². The van der Waals surface area contributed by atoms with E-state index in [0.717, 1.165) is 11.7 Å². The summed E-state index contributed by atoms with van der Waals surface area (Å²) < 4.78 is 7.02. The fourth-order valence-electron chi connectivity index (χ4n) is 2.27. The molecule has 0 spiro atoms. The summed E-state index contributed by atoms with van der Waals surface area (Å²) in [5.41, 5.74) is 1.08. The number of furan rings is 1. The van der Waals surface area contributed by atoms with E-state index in [0.29, 0.717) is 30.4 Å². The van der Waals surface area contributed by atoms with Gasteiger partial charge in [-0.15, -0.1) is 24.0 Å². The van der Waals surface area contributed by atoms with Gasteiger partial charge in [0.2, 0.25) is 0 Å². The van der Waals surface area contributed by atoms with Crippen molar-refractivity contribution < 1.29 is 9.21 Å². The van der Waals surface area contributed by atoms with Crippen LogP contribution < -0.4 is 10.6 Å². The van der Waals surface area contributed by atoms with Gasteiger partial charge in [-0.1, -0.05) is 11.6 Å². The fraction of sp³-hybridized carbons (Fsp3) is 0.375. The van der Waals surface area contributed by atoms with Crippen LogP contribution in [0.3, 0.4) is 0 Å². The molecule has 0 radical (unpaired) electrons.